The van der Waals surface area contributed by atoms with Crippen molar-refractivity contribution >= 4 is 33.2 Å². The number of carbonyl (C=O) groups excluding carboxylic acids is 3. The molecule has 2 aromatic carbocycles. The summed E-state index contributed by atoms with van der Waals surface area (Å²) in [4.78, 5) is 39.7. The summed E-state index contributed by atoms with van der Waals surface area (Å²) in [5, 5.41) is 1.92. The quantitative estimate of drug-likeness (QED) is 0.581. The molecule has 0 fully saturated rings. The first-order chi connectivity index (χ1) is 21.3. The molecule has 1 aliphatic rings. The van der Waals surface area contributed by atoms with Crippen LogP contribution in [0.3, 0.4) is 0 Å². The third-order valence-electron chi connectivity index (χ3n) is 4.27. The molecule has 2 aromatic rings. The number of hydrogen-bond donors (Lipinski definition) is 1. The van der Waals surface area contributed by atoms with E-state index in [1.165, 1.54) is 0 Å². The van der Waals surface area contributed by atoms with Crippen molar-refractivity contribution < 1.29 is 54.2 Å². The standard InChI is InChI=1S/C22H24N2O7S/c1-5-31-19-11-14(9-10-18(19)30-3)17(12-32(4,28)29)24-21(26)15-7-6-8-16(23-13(2)25)20(15)22(24)27/h6-11,17H,5,12H2,1-4H3,(H,23,25)/i1D3,2D3,3D3,4D3,5D2,12D2. The summed E-state index contributed by atoms with van der Waals surface area (Å²) in [6, 6.07) is 1.96. The van der Waals surface area contributed by atoms with E-state index in [-0.39, 0.29) is 4.90 Å². The van der Waals surface area contributed by atoms with Gasteiger partial charge in [-0.1, -0.05) is 12.1 Å². The summed E-state index contributed by atoms with van der Waals surface area (Å²) in [5.41, 5.74) is -6.97. The summed E-state index contributed by atoms with van der Waals surface area (Å²) in [5.74, 6) is -6.66. The predicted molar refractivity (Wildman–Crippen MR) is 118 cm³/mol. The number of nitrogens with zero attached hydrogens (tertiary/aromatic N) is 1. The molecule has 3 rings (SSSR count). The van der Waals surface area contributed by atoms with Crippen molar-refractivity contribution in [3.05, 3.63) is 53.1 Å². The maximum atomic E-state index is 13.8. The average Bonchev–Trinajstić information content (AvgIpc) is 3.13. The molecule has 170 valence electrons. The van der Waals surface area contributed by atoms with E-state index < -0.39 is 107 Å². The highest BCUT2D eigenvalue weighted by molar-refractivity contribution is 7.90. The van der Waals surface area contributed by atoms with Crippen molar-refractivity contribution in [2.45, 2.75) is 19.7 Å². The Bertz CT molecular complexity index is 1750. The number of methoxy groups -OCH3 is 1. The van der Waals surface area contributed by atoms with Gasteiger partial charge in [0.1, 0.15) is 9.84 Å². The number of imide groups is 1. The molecule has 32 heavy (non-hydrogen) atoms. The number of amides is 3. The van der Waals surface area contributed by atoms with E-state index in [1.54, 1.807) is 0 Å². The lowest BCUT2D eigenvalue weighted by Crippen LogP contribution is -2.37. The minimum absolute atomic E-state index is 0.0548. The van der Waals surface area contributed by atoms with E-state index in [1.807, 2.05) is 5.32 Å². The van der Waals surface area contributed by atoms with Crippen LogP contribution in [0.4, 0.5) is 5.69 Å². The molecule has 1 atom stereocenters. The van der Waals surface area contributed by atoms with Gasteiger partial charge in [-0.2, -0.15) is 0 Å². The lowest BCUT2D eigenvalue weighted by molar-refractivity contribution is -0.114. The smallest absolute Gasteiger partial charge is 0.264 e. The molecule has 0 saturated heterocycles. The first-order valence-electron chi connectivity index (χ1n) is 16.4. The number of anilines is 1. The second kappa shape index (κ2) is 8.99. The van der Waals surface area contributed by atoms with Crippen LogP contribution in [0.2, 0.25) is 0 Å². The first kappa shape index (κ1) is 10.0. The Morgan fingerprint density at radius 2 is 2.06 bits per heavy atom. The fraction of sp³-hybridized carbons (Fsp3) is 0.318. The molecule has 0 aromatic heterocycles. The first-order valence-corrected chi connectivity index (χ1v) is 9.92. The van der Waals surface area contributed by atoms with Crippen molar-refractivity contribution in [1.29, 1.82) is 0 Å². The van der Waals surface area contributed by atoms with Crippen molar-refractivity contribution in [1.82, 2.24) is 4.90 Å². The van der Waals surface area contributed by atoms with E-state index in [0.717, 1.165) is 18.2 Å². The Morgan fingerprint density at radius 3 is 2.78 bits per heavy atom. The minimum Gasteiger partial charge on any atom is -0.493 e. The Morgan fingerprint density at radius 1 is 1.22 bits per heavy atom. The van der Waals surface area contributed by atoms with Gasteiger partial charge in [0.2, 0.25) is 5.91 Å². The van der Waals surface area contributed by atoms with Gasteiger partial charge in [0.15, 0.2) is 11.5 Å². The maximum absolute atomic E-state index is 13.8. The van der Waals surface area contributed by atoms with Gasteiger partial charge in [-0.05, 0) is 36.7 Å². The number of benzene rings is 2. The fourth-order valence-corrected chi connectivity index (χ4v) is 3.63. The van der Waals surface area contributed by atoms with Crippen LogP contribution in [0.25, 0.3) is 0 Å². The Labute approximate surface area is 208 Å². The summed E-state index contributed by atoms with van der Waals surface area (Å²) in [6.45, 7) is -10.4. The molecule has 0 saturated carbocycles. The second-order valence-corrected chi connectivity index (χ2v) is 7.44. The zero-order valence-electron chi connectivity index (χ0n) is 31.8. The van der Waals surface area contributed by atoms with E-state index in [4.69, 9.17) is 31.4 Å². The number of nitrogens with one attached hydrogen (secondary N) is 1. The number of sulfone groups is 1. The van der Waals surface area contributed by atoms with Gasteiger partial charge in [-0.3, -0.25) is 19.3 Å². The molecule has 0 aliphatic carbocycles. The van der Waals surface area contributed by atoms with Gasteiger partial charge >= 0.3 is 0 Å². The van der Waals surface area contributed by atoms with Crippen molar-refractivity contribution in [2.24, 2.45) is 0 Å². The fourth-order valence-electron chi connectivity index (χ4n) is 3.09. The van der Waals surface area contributed by atoms with E-state index in [9.17, 15) is 22.8 Å². The molecule has 0 spiro atoms. The normalized spacial score (nSPS) is 24.1. The zero-order chi connectivity index (χ0) is 37.2. The Kier molecular flexibility index (Phi) is 2.82. The number of fused-ring (bicyclic) bond motifs is 1. The third kappa shape index (κ3) is 4.59. The van der Waals surface area contributed by atoms with Crippen LogP contribution in [-0.2, 0) is 14.6 Å². The highest BCUT2D eigenvalue weighted by Gasteiger charge is 2.43. The molecular weight excluding hydrogens is 436 g/mol. The van der Waals surface area contributed by atoms with Gasteiger partial charge in [0.25, 0.3) is 11.8 Å². The van der Waals surface area contributed by atoms with Gasteiger partial charge in [-0.25, -0.2) is 8.42 Å². The molecule has 0 bridgehead atoms. The second-order valence-electron chi connectivity index (χ2n) is 6.20. The van der Waals surface area contributed by atoms with Gasteiger partial charge in [0, 0.05) is 28.1 Å². The van der Waals surface area contributed by atoms with Crippen LogP contribution < -0.4 is 14.8 Å². The van der Waals surface area contributed by atoms with Crippen LogP contribution >= 0.6 is 0 Å². The van der Waals surface area contributed by atoms with Gasteiger partial charge in [-0.15, -0.1) is 0 Å². The van der Waals surface area contributed by atoms with Crippen LogP contribution in [0, 0.1) is 0 Å². The zero-order valence-corrected chi connectivity index (χ0v) is 16.6. The highest BCUT2D eigenvalue weighted by atomic mass is 32.2. The topological polar surface area (TPSA) is 119 Å². The predicted octanol–water partition coefficient (Wildman–Crippen LogP) is 2.43. The van der Waals surface area contributed by atoms with Crippen molar-refractivity contribution in [3.63, 3.8) is 0 Å². The summed E-state index contributed by atoms with van der Waals surface area (Å²) >= 11 is 0. The molecular formula is C22H24N2O7S. The van der Waals surface area contributed by atoms with E-state index >= 15 is 0 Å². The van der Waals surface area contributed by atoms with Crippen molar-refractivity contribution in [3.8, 4) is 11.5 Å². The number of carbonyl (C=O) groups is 3. The van der Waals surface area contributed by atoms with Gasteiger partial charge in [0.05, 0.1) is 49.0 Å². The molecule has 3 amide bonds. The third-order valence-corrected chi connectivity index (χ3v) is 4.81. The number of ether oxygens (including phenoxy) is 2. The van der Waals surface area contributed by atoms with Crippen LogP contribution in [0.5, 0.6) is 11.5 Å². The molecule has 1 heterocycles. The summed E-state index contributed by atoms with van der Waals surface area (Å²) in [6.07, 6.45) is -4.13. The molecule has 1 N–H and O–H groups in total. The lowest BCUT2D eigenvalue weighted by atomic mass is 10.1. The maximum Gasteiger partial charge on any atom is 0.264 e. The number of hydrogen-bond acceptors (Lipinski definition) is 7. The lowest BCUT2D eigenvalue weighted by Gasteiger charge is -2.27. The van der Waals surface area contributed by atoms with Crippen LogP contribution in [0.15, 0.2) is 36.4 Å². The monoisotopic (exact) mass is 476 g/mol. The van der Waals surface area contributed by atoms with E-state index in [2.05, 4.69) is 0 Å². The molecule has 1 aliphatic heterocycles. The largest absolute Gasteiger partial charge is 0.493 e. The summed E-state index contributed by atoms with van der Waals surface area (Å²) < 4.78 is 157. The average molecular weight is 477 g/mol. The molecule has 1 unspecified atom stereocenters. The number of rotatable bonds is 8. The molecule has 0 radical (unpaired) electrons. The van der Waals surface area contributed by atoms with Crippen LogP contribution in [0.1, 0.15) is 68.0 Å². The summed E-state index contributed by atoms with van der Waals surface area (Å²) in [7, 11) is -9.33. The minimum atomic E-state index is -6.04. The van der Waals surface area contributed by atoms with E-state index in [0.29, 0.717) is 18.2 Å². The van der Waals surface area contributed by atoms with Gasteiger partial charge < -0.3 is 14.8 Å². The Balaban J connectivity index is 2.37. The van der Waals surface area contributed by atoms with Crippen molar-refractivity contribution in [2.75, 3.05) is 30.8 Å². The highest BCUT2D eigenvalue weighted by Crippen LogP contribution is 2.38. The van der Waals surface area contributed by atoms with Crippen LogP contribution in [-0.4, -0.2) is 56.5 Å². The SMILES string of the molecule is [2H]C([2H])([2H])Oc1ccc(C(N2C(=O)c3cccc(NC(=O)C([2H])([2H])[2H])c3C2=O)C([2H])([2H])S(=O)(=O)C([2H])([2H])[2H])cc1OC([2H])([2H])C([2H])([2H])[2H]. The molecule has 10 heteroatoms. The molecule has 9 nitrogen and oxygen atoms in total. The Hall–Kier alpha value is -3.40.